The Balaban J connectivity index is 2.14. The van der Waals surface area contributed by atoms with Crippen LogP contribution in [0.15, 0.2) is 42.1 Å². The van der Waals surface area contributed by atoms with Crippen molar-refractivity contribution in [2.24, 2.45) is 11.3 Å². The van der Waals surface area contributed by atoms with E-state index in [0.29, 0.717) is 5.92 Å². The van der Waals surface area contributed by atoms with Crippen LogP contribution in [0, 0.1) is 11.3 Å². The lowest BCUT2D eigenvalue weighted by Gasteiger charge is -2.27. The molecule has 0 nitrogen and oxygen atoms in total. The number of hydrogen-bond acceptors (Lipinski definition) is 0. The van der Waals surface area contributed by atoms with E-state index in [4.69, 9.17) is 0 Å². The molecule has 3 rings (SSSR count). The minimum atomic E-state index is 0.252. The molecule has 0 bridgehead atoms. The molecule has 1 atom stereocenters. The standard InChI is InChI=1S/C15H16I2/c1-15(2)13-7-9(16)3-5-11(13)12-6-4-10(17)8-14(12)15/h3,7-8,11H,4-6H2,1-2H3/t11-/m1/s1. The maximum Gasteiger partial charge on any atom is 0.0115 e. The molecule has 0 fully saturated rings. The molecule has 0 aromatic carbocycles. The Morgan fingerprint density at radius 3 is 2.71 bits per heavy atom. The van der Waals surface area contributed by atoms with Crippen molar-refractivity contribution in [2.45, 2.75) is 33.1 Å². The average molecular weight is 450 g/mol. The number of allylic oxidation sites excluding steroid dienone is 8. The van der Waals surface area contributed by atoms with Gasteiger partial charge in [0, 0.05) is 14.9 Å². The molecular weight excluding hydrogens is 434 g/mol. The third kappa shape index (κ3) is 1.90. The highest BCUT2D eigenvalue weighted by molar-refractivity contribution is 14.1. The van der Waals surface area contributed by atoms with Gasteiger partial charge in [-0.1, -0.05) is 31.1 Å². The maximum absolute atomic E-state index is 2.50. The van der Waals surface area contributed by atoms with E-state index in [9.17, 15) is 0 Å². The Morgan fingerprint density at radius 1 is 1.18 bits per heavy atom. The van der Waals surface area contributed by atoms with Crippen molar-refractivity contribution in [1.82, 2.24) is 0 Å². The first-order chi connectivity index (χ1) is 8.00. The van der Waals surface area contributed by atoms with E-state index in [2.05, 4.69) is 77.3 Å². The van der Waals surface area contributed by atoms with E-state index in [0.717, 1.165) is 0 Å². The second-order valence-electron chi connectivity index (χ2n) is 5.63. The summed E-state index contributed by atoms with van der Waals surface area (Å²) in [6.45, 7) is 4.80. The zero-order valence-corrected chi connectivity index (χ0v) is 14.5. The van der Waals surface area contributed by atoms with Crippen molar-refractivity contribution in [3.63, 3.8) is 0 Å². The van der Waals surface area contributed by atoms with Gasteiger partial charge in [0.05, 0.1) is 0 Å². The van der Waals surface area contributed by atoms with Gasteiger partial charge in [0.25, 0.3) is 0 Å². The molecule has 90 valence electrons. The quantitative estimate of drug-likeness (QED) is 0.416. The van der Waals surface area contributed by atoms with Crippen molar-refractivity contribution < 1.29 is 0 Å². The smallest absolute Gasteiger partial charge is 0.0115 e. The lowest BCUT2D eigenvalue weighted by Crippen LogP contribution is -2.16. The third-order valence-electron chi connectivity index (χ3n) is 4.31. The highest BCUT2D eigenvalue weighted by atomic mass is 127. The fraction of sp³-hybridized carbons (Fsp3) is 0.467. The van der Waals surface area contributed by atoms with E-state index in [1.807, 2.05) is 0 Å². The molecule has 0 heterocycles. The summed E-state index contributed by atoms with van der Waals surface area (Å²) < 4.78 is 2.94. The predicted molar refractivity (Wildman–Crippen MR) is 90.4 cm³/mol. The predicted octanol–water partition coefficient (Wildman–Crippen LogP) is 5.70. The number of rotatable bonds is 0. The van der Waals surface area contributed by atoms with Crippen LogP contribution >= 0.6 is 45.2 Å². The maximum atomic E-state index is 2.50. The molecule has 0 saturated carbocycles. The molecule has 0 aromatic heterocycles. The molecule has 0 saturated heterocycles. The minimum Gasteiger partial charge on any atom is -0.0702 e. The fourth-order valence-corrected chi connectivity index (χ4v) is 4.59. The molecule has 0 aliphatic heterocycles. The first-order valence-corrected chi connectivity index (χ1v) is 8.33. The van der Waals surface area contributed by atoms with Gasteiger partial charge in [-0.3, -0.25) is 0 Å². The molecule has 0 N–H and O–H groups in total. The van der Waals surface area contributed by atoms with Gasteiger partial charge in [-0.2, -0.15) is 0 Å². The molecule has 0 amide bonds. The molecule has 0 spiro atoms. The average Bonchev–Trinajstić information content (AvgIpc) is 2.49. The zero-order valence-electron chi connectivity index (χ0n) is 10.2. The first kappa shape index (κ1) is 12.5. The lowest BCUT2D eigenvalue weighted by atomic mass is 9.77. The summed E-state index contributed by atoms with van der Waals surface area (Å²) in [5.41, 5.74) is 5.24. The molecule has 0 aromatic rings. The van der Waals surface area contributed by atoms with Gasteiger partial charge >= 0.3 is 0 Å². The van der Waals surface area contributed by atoms with Crippen LogP contribution in [0.4, 0.5) is 0 Å². The Labute approximate surface area is 131 Å². The SMILES string of the molecule is CC1(C)C2=CC(I)=CC[C@@H]2C2=C1C=C(I)CC2. The van der Waals surface area contributed by atoms with E-state index in [-0.39, 0.29) is 5.41 Å². The zero-order chi connectivity index (χ0) is 12.2. The highest BCUT2D eigenvalue weighted by Gasteiger charge is 2.43. The molecule has 0 radical (unpaired) electrons. The molecular formula is C15H16I2. The van der Waals surface area contributed by atoms with E-state index in [1.54, 1.807) is 16.7 Å². The van der Waals surface area contributed by atoms with Crippen LogP contribution in [0.5, 0.6) is 0 Å². The summed E-state index contributed by atoms with van der Waals surface area (Å²) in [7, 11) is 0. The number of halogens is 2. The molecule has 3 aliphatic rings. The first-order valence-electron chi connectivity index (χ1n) is 6.17. The van der Waals surface area contributed by atoms with E-state index < -0.39 is 0 Å². The van der Waals surface area contributed by atoms with Gasteiger partial charge in [0.2, 0.25) is 0 Å². The van der Waals surface area contributed by atoms with Gasteiger partial charge in [-0.15, -0.1) is 0 Å². The van der Waals surface area contributed by atoms with Gasteiger partial charge in [-0.25, -0.2) is 0 Å². The largest absolute Gasteiger partial charge is 0.0702 e. The van der Waals surface area contributed by atoms with Crippen LogP contribution in [-0.2, 0) is 0 Å². The van der Waals surface area contributed by atoms with Gasteiger partial charge in [-0.05, 0) is 85.7 Å². The normalized spacial score (nSPS) is 30.4. The van der Waals surface area contributed by atoms with E-state index in [1.165, 1.54) is 26.4 Å². The van der Waals surface area contributed by atoms with Crippen molar-refractivity contribution in [3.8, 4) is 0 Å². The Kier molecular flexibility index (Phi) is 3.09. The van der Waals surface area contributed by atoms with Crippen LogP contribution in [0.3, 0.4) is 0 Å². The third-order valence-corrected chi connectivity index (χ3v) is 5.92. The molecule has 0 unspecified atom stereocenters. The van der Waals surface area contributed by atoms with Crippen molar-refractivity contribution >= 4 is 45.2 Å². The van der Waals surface area contributed by atoms with Crippen LogP contribution in [-0.4, -0.2) is 0 Å². The summed E-state index contributed by atoms with van der Waals surface area (Å²) in [5.74, 6) is 0.708. The van der Waals surface area contributed by atoms with Gasteiger partial charge in [0.1, 0.15) is 0 Å². The topological polar surface area (TPSA) is 0 Å². The summed E-state index contributed by atoms with van der Waals surface area (Å²) in [5, 5.41) is 0. The molecule has 17 heavy (non-hydrogen) atoms. The van der Waals surface area contributed by atoms with E-state index >= 15 is 0 Å². The summed E-state index contributed by atoms with van der Waals surface area (Å²) in [6, 6.07) is 0. The summed E-state index contributed by atoms with van der Waals surface area (Å²) >= 11 is 4.96. The van der Waals surface area contributed by atoms with Gasteiger partial charge < -0.3 is 0 Å². The van der Waals surface area contributed by atoms with Crippen molar-refractivity contribution in [2.75, 3.05) is 0 Å². The Hall–Kier alpha value is 0.420. The number of hydrogen-bond donors (Lipinski definition) is 0. The number of fused-ring (bicyclic) bond motifs is 2. The highest BCUT2D eigenvalue weighted by Crippen LogP contribution is 2.57. The Bertz CT molecular complexity index is 501. The Morgan fingerprint density at radius 2 is 1.94 bits per heavy atom. The summed E-state index contributed by atoms with van der Waals surface area (Å²) in [4.78, 5) is 0. The van der Waals surface area contributed by atoms with Crippen molar-refractivity contribution in [1.29, 1.82) is 0 Å². The lowest BCUT2D eigenvalue weighted by molar-refractivity contribution is 0.528. The van der Waals surface area contributed by atoms with Crippen LogP contribution < -0.4 is 0 Å². The monoisotopic (exact) mass is 450 g/mol. The second-order valence-corrected chi connectivity index (χ2v) is 8.26. The molecule has 3 aliphatic carbocycles. The second kappa shape index (κ2) is 4.22. The molecule has 2 heteroatoms. The van der Waals surface area contributed by atoms with Crippen LogP contribution in [0.1, 0.15) is 33.1 Å². The summed E-state index contributed by atoms with van der Waals surface area (Å²) in [6.07, 6.45) is 11.0. The van der Waals surface area contributed by atoms with Gasteiger partial charge in [0.15, 0.2) is 0 Å². The van der Waals surface area contributed by atoms with Crippen molar-refractivity contribution in [3.05, 3.63) is 42.1 Å². The minimum absolute atomic E-state index is 0.252. The van der Waals surface area contributed by atoms with Crippen LogP contribution in [0.25, 0.3) is 0 Å². The van der Waals surface area contributed by atoms with Crippen LogP contribution in [0.2, 0.25) is 0 Å². The fourth-order valence-electron chi connectivity index (χ4n) is 3.42.